The lowest BCUT2D eigenvalue weighted by Gasteiger charge is -2.34. The highest BCUT2D eigenvalue weighted by Gasteiger charge is 2.42. The fourth-order valence-electron chi connectivity index (χ4n) is 3.16. The fraction of sp³-hybridized carbons (Fsp3) is 0.625. The van der Waals surface area contributed by atoms with Gasteiger partial charge in [0, 0.05) is 20.2 Å². The summed E-state index contributed by atoms with van der Waals surface area (Å²) in [4.78, 5) is 26.8. The number of morpholine rings is 1. The van der Waals surface area contributed by atoms with Crippen LogP contribution in [0.2, 0.25) is 0 Å². The van der Waals surface area contributed by atoms with E-state index in [1.165, 1.54) is 14.2 Å². The Balaban J connectivity index is 2.54. The molecule has 7 nitrogen and oxygen atoms in total. The lowest BCUT2D eigenvalue weighted by molar-refractivity contribution is -0.139. The van der Waals surface area contributed by atoms with Gasteiger partial charge in [0.05, 0.1) is 51.2 Å². The van der Waals surface area contributed by atoms with Gasteiger partial charge in [-0.2, -0.15) is 0 Å². The van der Waals surface area contributed by atoms with Gasteiger partial charge in [0.15, 0.2) is 0 Å². The third-order valence-corrected chi connectivity index (χ3v) is 4.23. The molecule has 7 heteroatoms. The first-order valence-electron chi connectivity index (χ1n) is 7.48. The van der Waals surface area contributed by atoms with Crippen LogP contribution in [-0.4, -0.2) is 77.1 Å². The van der Waals surface area contributed by atoms with Crippen LogP contribution in [0.25, 0.3) is 0 Å². The van der Waals surface area contributed by atoms with E-state index < -0.39 is 11.9 Å². The van der Waals surface area contributed by atoms with Gasteiger partial charge in [0.25, 0.3) is 0 Å². The van der Waals surface area contributed by atoms with Crippen LogP contribution in [0.15, 0.2) is 22.3 Å². The van der Waals surface area contributed by atoms with Crippen LogP contribution in [0, 0.1) is 0 Å². The van der Waals surface area contributed by atoms with Crippen molar-refractivity contribution in [2.75, 3.05) is 54.2 Å². The monoisotopic (exact) mass is 325 g/mol. The van der Waals surface area contributed by atoms with E-state index in [-0.39, 0.29) is 18.2 Å². The summed E-state index contributed by atoms with van der Waals surface area (Å²) < 4.78 is 20.4. The number of esters is 2. The van der Waals surface area contributed by atoms with Crippen molar-refractivity contribution in [3.8, 4) is 0 Å². The van der Waals surface area contributed by atoms with Gasteiger partial charge in [-0.1, -0.05) is 0 Å². The number of nitrogens with zero attached hydrogens (tertiary/aromatic N) is 1. The Kier molecular flexibility index (Phi) is 5.92. The highest BCUT2D eigenvalue weighted by Crippen LogP contribution is 2.37. The summed E-state index contributed by atoms with van der Waals surface area (Å²) in [5, 5.41) is 0. The summed E-state index contributed by atoms with van der Waals surface area (Å²) in [6, 6.07) is -0.314. The molecule has 1 saturated heterocycles. The van der Waals surface area contributed by atoms with Crippen molar-refractivity contribution in [1.29, 1.82) is 0 Å². The summed E-state index contributed by atoms with van der Waals surface area (Å²) in [5.74, 6) is -1.07. The highest BCUT2D eigenvalue weighted by molar-refractivity contribution is 6.06. The standard InChI is InChI=1S/C16H23NO6/c1-10-11(9-20-2)12(15(18)21-3)13(16(19)22-4)14(10)17-5-7-23-8-6-17/h14H,5-9H2,1-4H3. The number of hydrogen-bond donors (Lipinski definition) is 0. The van der Waals surface area contributed by atoms with Crippen LogP contribution < -0.4 is 0 Å². The van der Waals surface area contributed by atoms with Gasteiger partial charge in [0.2, 0.25) is 0 Å². The Bertz CT molecular complexity index is 545. The number of hydrogen-bond acceptors (Lipinski definition) is 7. The third kappa shape index (κ3) is 3.31. The van der Waals surface area contributed by atoms with E-state index in [1.807, 2.05) is 6.92 Å². The second kappa shape index (κ2) is 7.72. The smallest absolute Gasteiger partial charge is 0.338 e. The molecule has 0 N–H and O–H groups in total. The molecule has 0 aromatic carbocycles. The predicted molar refractivity (Wildman–Crippen MR) is 81.8 cm³/mol. The van der Waals surface area contributed by atoms with Gasteiger partial charge >= 0.3 is 11.9 Å². The predicted octanol–water partition coefficient (Wildman–Crippen LogP) is 0.306. The molecule has 1 unspecified atom stereocenters. The van der Waals surface area contributed by atoms with Gasteiger partial charge in [-0.05, 0) is 18.1 Å². The number of rotatable bonds is 5. The Hall–Kier alpha value is -1.70. The van der Waals surface area contributed by atoms with Gasteiger partial charge in [-0.3, -0.25) is 4.90 Å². The Morgan fingerprint density at radius 1 is 1.13 bits per heavy atom. The molecule has 0 bridgehead atoms. The molecule has 0 radical (unpaired) electrons. The van der Waals surface area contributed by atoms with Crippen LogP contribution in [0.3, 0.4) is 0 Å². The Morgan fingerprint density at radius 2 is 1.74 bits per heavy atom. The lowest BCUT2D eigenvalue weighted by atomic mass is 10.0. The van der Waals surface area contributed by atoms with Gasteiger partial charge in [-0.15, -0.1) is 0 Å². The number of ether oxygens (including phenoxy) is 4. The molecule has 128 valence electrons. The zero-order chi connectivity index (χ0) is 17.0. The van der Waals surface area contributed by atoms with Crippen LogP contribution in [0.1, 0.15) is 6.92 Å². The molecule has 23 heavy (non-hydrogen) atoms. The zero-order valence-electron chi connectivity index (χ0n) is 14.0. The van der Waals surface area contributed by atoms with Crippen molar-refractivity contribution >= 4 is 11.9 Å². The Labute approximate surface area is 135 Å². The maximum absolute atomic E-state index is 12.4. The summed E-state index contributed by atoms with van der Waals surface area (Å²) in [6.07, 6.45) is 0. The van der Waals surface area contributed by atoms with Gasteiger partial charge in [0.1, 0.15) is 0 Å². The molecule has 0 spiro atoms. The van der Waals surface area contributed by atoms with Crippen molar-refractivity contribution in [2.45, 2.75) is 13.0 Å². The first-order valence-corrected chi connectivity index (χ1v) is 7.48. The van der Waals surface area contributed by atoms with E-state index in [1.54, 1.807) is 7.11 Å². The average molecular weight is 325 g/mol. The van der Waals surface area contributed by atoms with E-state index in [0.29, 0.717) is 37.4 Å². The number of methoxy groups -OCH3 is 3. The quantitative estimate of drug-likeness (QED) is 0.673. The summed E-state index contributed by atoms with van der Waals surface area (Å²) in [5.41, 5.74) is 2.19. The Morgan fingerprint density at radius 3 is 2.26 bits per heavy atom. The number of carbonyl (C=O) groups excluding carboxylic acids is 2. The van der Waals surface area contributed by atoms with Crippen molar-refractivity contribution in [3.63, 3.8) is 0 Å². The van der Waals surface area contributed by atoms with Crippen molar-refractivity contribution in [2.24, 2.45) is 0 Å². The highest BCUT2D eigenvalue weighted by atomic mass is 16.5. The van der Waals surface area contributed by atoms with Crippen molar-refractivity contribution < 1.29 is 28.5 Å². The van der Waals surface area contributed by atoms with Crippen LogP contribution in [-0.2, 0) is 28.5 Å². The molecule has 1 aliphatic heterocycles. The second-order valence-electron chi connectivity index (χ2n) is 5.42. The second-order valence-corrected chi connectivity index (χ2v) is 5.42. The van der Waals surface area contributed by atoms with E-state index >= 15 is 0 Å². The van der Waals surface area contributed by atoms with Crippen LogP contribution in [0.5, 0.6) is 0 Å². The largest absolute Gasteiger partial charge is 0.466 e. The van der Waals surface area contributed by atoms with Crippen molar-refractivity contribution in [1.82, 2.24) is 4.90 Å². The molecular weight excluding hydrogens is 302 g/mol. The molecule has 2 rings (SSSR count). The number of carbonyl (C=O) groups is 2. The molecule has 1 fully saturated rings. The minimum absolute atomic E-state index is 0.234. The average Bonchev–Trinajstić information content (AvgIpc) is 2.87. The lowest BCUT2D eigenvalue weighted by Crippen LogP contribution is -2.45. The van der Waals surface area contributed by atoms with E-state index in [4.69, 9.17) is 18.9 Å². The van der Waals surface area contributed by atoms with Crippen LogP contribution >= 0.6 is 0 Å². The van der Waals surface area contributed by atoms with Crippen molar-refractivity contribution in [3.05, 3.63) is 22.3 Å². The van der Waals surface area contributed by atoms with Gasteiger partial charge < -0.3 is 18.9 Å². The summed E-state index contributed by atoms with van der Waals surface area (Å²) in [6.45, 7) is 4.68. The molecule has 0 saturated carbocycles. The molecule has 0 amide bonds. The minimum Gasteiger partial charge on any atom is -0.466 e. The third-order valence-electron chi connectivity index (χ3n) is 4.23. The SMILES string of the molecule is COCC1=C(C)C(N2CCOCC2)C(C(=O)OC)=C1C(=O)OC. The first-order chi connectivity index (χ1) is 11.1. The molecule has 1 atom stereocenters. The first kappa shape index (κ1) is 17.7. The van der Waals surface area contributed by atoms with Gasteiger partial charge in [-0.25, -0.2) is 9.59 Å². The molecular formula is C16H23NO6. The summed E-state index contributed by atoms with van der Waals surface area (Å²) in [7, 11) is 4.16. The topological polar surface area (TPSA) is 74.3 Å². The fourth-order valence-corrected chi connectivity index (χ4v) is 3.16. The van der Waals surface area contributed by atoms with Crippen LogP contribution in [0.4, 0.5) is 0 Å². The van der Waals surface area contributed by atoms with E-state index in [9.17, 15) is 9.59 Å². The summed E-state index contributed by atoms with van der Waals surface area (Å²) >= 11 is 0. The maximum atomic E-state index is 12.4. The molecule has 1 heterocycles. The molecule has 2 aliphatic rings. The molecule has 0 aromatic rings. The normalized spacial score (nSPS) is 22.5. The maximum Gasteiger partial charge on any atom is 0.338 e. The minimum atomic E-state index is -0.549. The molecule has 1 aliphatic carbocycles. The molecule has 0 aromatic heterocycles. The van der Waals surface area contributed by atoms with E-state index in [0.717, 1.165) is 5.57 Å². The van der Waals surface area contributed by atoms with E-state index in [2.05, 4.69) is 4.90 Å². The zero-order valence-corrected chi connectivity index (χ0v) is 14.0.